The Morgan fingerprint density at radius 3 is 2.58 bits per heavy atom. The lowest BCUT2D eigenvalue weighted by Gasteiger charge is -2.02. The second-order valence-corrected chi connectivity index (χ2v) is 6.90. The Morgan fingerprint density at radius 1 is 1.17 bits per heavy atom. The van der Waals surface area contributed by atoms with Crippen LogP contribution in [0.1, 0.15) is 20.9 Å². The van der Waals surface area contributed by atoms with Gasteiger partial charge in [-0.1, -0.05) is 35.3 Å². The summed E-state index contributed by atoms with van der Waals surface area (Å²) >= 11 is 13.7. The lowest BCUT2D eigenvalue weighted by atomic mass is 10.1. The normalized spacial score (nSPS) is 10.6. The molecule has 0 unspecified atom stereocenters. The van der Waals surface area contributed by atoms with Crippen LogP contribution in [0.15, 0.2) is 47.8 Å². The van der Waals surface area contributed by atoms with E-state index < -0.39 is 0 Å². The SMILES string of the molecule is COC(=O)c1ccc(Cc2nc(-c3ccc(Cl)cc3Cl)cs2)cc1. The number of hydrogen-bond donors (Lipinski definition) is 0. The van der Waals surface area contributed by atoms with E-state index in [9.17, 15) is 4.79 Å². The Labute approximate surface area is 153 Å². The van der Waals surface area contributed by atoms with Crippen LogP contribution >= 0.6 is 34.5 Å². The predicted molar refractivity (Wildman–Crippen MR) is 98.2 cm³/mol. The lowest BCUT2D eigenvalue weighted by Crippen LogP contribution is -2.00. The van der Waals surface area contributed by atoms with Crippen LogP contribution in [0.25, 0.3) is 11.3 Å². The van der Waals surface area contributed by atoms with E-state index in [1.807, 2.05) is 23.6 Å². The van der Waals surface area contributed by atoms with Gasteiger partial charge in [0.05, 0.1) is 28.4 Å². The second-order valence-electron chi connectivity index (χ2n) is 5.12. The van der Waals surface area contributed by atoms with E-state index in [2.05, 4.69) is 4.98 Å². The van der Waals surface area contributed by atoms with Crippen molar-refractivity contribution in [2.45, 2.75) is 6.42 Å². The van der Waals surface area contributed by atoms with Gasteiger partial charge in [0.2, 0.25) is 0 Å². The van der Waals surface area contributed by atoms with Crippen molar-refractivity contribution in [1.82, 2.24) is 4.98 Å². The molecule has 0 saturated carbocycles. The smallest absolute Gasteiger partial charge is 0.337 e. The molecule has 0 radical (unpaired) electrons. The molecule has 6 heteroatoms. The van der Waals surface area contributed by atoms with Crippen molar-refractivity contribution in [2.24, 2.45) is 0 Å². The summed E-state index contributed by atoms with van der Waals surface area (Å²) in [6.07, 6.45) is 0.692. The Balaban J connectivity index is 1.77. The van der Waals surface area contributed by atoms with Gasteiger partial charge in [0.25, 0.3) is 0 Å². The summed E-state index contributed by atoms with van der Waals surface area (Å²) in [7, 11) is 1.37. The van der Waals surface area contributed by atoms with E-state index in [4.69, 9.17) is 27.9 Å². The molecular formula is C18H13Cl2NO2S. The highest BCUT2D eigenvalue weighted by molar-refractivity contribution is 7.10. The number of hydrogen-bond acceptors (Lipinski definition) is 4. The first-order valence-corrected chi connectivity index (χ1v) is 8.77. The van der Waals surface area contributed by atoms with E-state index in [-0.39, 0.29) is 5.97 Å². The Hall–Kier alpha value is -1.88. The van der Waals surface area contributed by atoms with Crippen molar-refractivity contribution in [3.8, 4) is 11.3 Å². The molecule has 2 aromatic carbocycles. The van der Waals surface area contributed by atoms with Crippen molar-refractivity contribution < 1.29 is 9.53 Å². The van der Waals surface area contributed by atoms with Gasteiger partial charge in [-0.25, -0.2) is 9.78 Å². The molecule has 0 aliphatic rings. The quantitative estimate of drug-likeness (QED) is 0.563. The number of methoxy groups -OCH3 is 1. The highest BCUT2D eigenvalue weighted by Gasteiger charge is 2.10. The molecule has 0 fully saturated rings. The average Bonchev–Trinajstić information content (AvgIpc) is 3.03. The molecule has 24 heavy (non-hydrogen) atoms. The first-order valence-electron chi connectivity index (χ1n) is 7.14. The van der Waals surface area contributed by atoms with Crippen LogP contribution in [-0.2, 0) is 11.2 Å². The molecule has 0 spiro atoms. The number of benzene rings is 2. The number of carbonyl (C=O) groups excluding carboxylic acids is 1. The summed E-state index contributed by atoms with van der Waals surface area (Å²) in [5, 5.41) is 4.14. The first kappa shape index (κ1) is 17.0. The zero-order valence-electron chi connectivity index (χ0n) is 12.8. The number of esters is 1. The van der Waals surface area contributed by atoms with Crippen molar-refractivity contribution in [3.63, 3.8) is 0 Å². The van der Waals surface area contributed by atoms with Crippen molar-refractivity contribution in [2.75, 3.05) is 7.11 Å². The summed E-state index contributed by atoms with van der Waals surface area (Å²) in [5.41, 5.74) is 3.31. The molecule has 0 atom stereocenters. The minimum Gasteiger partial charge on any atom is -0.465 e. The minimum atomic E-state index is -0.338. The zero-order chi connectivity index (χ0) is 17.1. The van der Waals surface area contributed by atoms with E-state index >= 15 is 0 Å². The van der Waals surface area contributed by atoms with Crippen LogP contribution in [0.5, 0.6) is 0 Å². The second kappa shape index (κ2) is 7.34. The van der Waals surface area contributed by atoms with Crippen molar-refractivity contribution in [1.29, 1.82) is 0 Å². The summed E-state index contributed by atoms with van der Waals surface area (Å²) in [5.74, 6) is -0.338. The van der Waals surface area contributed by atoms with Crippen LogP contribution in [-0.4, -0.2) is 18.1 Å². The van der Waals surface area contributed by atoms with Gasteiger partial charge >= 0.3 is 5.97 Å². The molecule has 0 bridgehead atoms. The lowest BCUT2D eigenvalue weighted by molar-refractivity contribution is 0.0600. The van der Waals surface area contributed by atoms with Gasteiger partial charge in [0, 0.05) is 22.4 Å². The standard InChI is InChI=1S/C18H13Cl2NO2S/c1-23-18(22)12-4-2-11(3-5-12)8-17-21-16(10-24-17)14-7-6-13(19)9-15(14)20/h2-7,9-10H,8H2,1H3. The third kappa shape index (κ3) is 3.78. The van der Waals surface area contributed by atoms with Crippen LogP contribution < -0.4 is 0 Å². The van der Waals surface area contributed by atoms with Gasteiger partial charge in [-0.3, -0.25) is 0 Å². The monoisotopic (exact) mass is 377 g/mol. The average molecular weight is 378 g/mol. The highest BCUT2D eigenvalue weighted by Crippen LogP contribution is 2.31. The molecule has 1 aromatic heterocycles. The van der Waals surface area contributed by atoms with Crippen LogP contribution in [0, 0.1) is 0 Å². The molecule has 0 aliphatic heterocycles. The van der Waals surface area contributed by atoms with E-state index in [1.54, 1.807) is 35.6 Å². The van der Waals surface area contributed by atoms with Gasteiger partial charge < -0.3 is 4.74 Å². The minimum absolute atomic E-state index is 0.338. The van der Waals surface area contributed by atoms with Crippen LogP contribution in [0.4, 0.5) is 0 Å². The topological polar surface area (TPSA) is 39.2 Å². The molecule has 0 saturated heterocycles. The van der Waals surface area contributed by atoms with E-state index in [0.29, 0.717) is 22.0 Å². The number of thiazole rings is 1. The number of aromatic nitrogens is 1. The number of rotatable bonds is 4. The van der Waals surface area contributed by atoms with Gasteiger partial charge in [-0.15, -0.1) is 11.3 Å². The van der Waals surface area contributed by atoms with Gasteiger partial charge in [-0.05, 0) is 35.9 Å². The molecule has 0 N–H and O–H groups in total. The summed E-state index contributed by atoms with van der Waals surface area (Å²) < 4.78 is 4.70. The molecule has 3 aromatic rings. The van der Waals surface area contributed by atoms with Crippen LogP contribution in [0.2, 0.25) is 10.0 Å². The highest BCUT2D eigenvalue weighted by atomic mass is 35.5. The fourth-order valence-corrected chi connectivity index (χ4v) is 3.60. The first-order chi connectivity index (χ1) is 11.6. The van der Waals surface area contributed by atoms with Gasteiger partial charge in [0.1, 0.15) is 0 Å². The largest absolute Gasteiger partial charge is 0.465 e. The maximum Gasteiger partial charge on any atom is 0.337 e. The zero-order valence-corrected chi connectivity index (χ0v) is 15.1. The van der Waals surface area contributed by atoms with Gasteiger partial charge in [-0.2, -0.15) is 0 Å². The molecule has 122 valence electrons. The molecule has 0 amide bonds. The number of ether oxygens (including phenoxy) is 1. The molecule has 3 nitrogen and oxygen atoms in total. The van der Waals surface area contributed by atoms with E-state index in [0.717, 1.165) is 21.8 Å². The maximum atomic E-state index is 11.4. The van der Waals surface area contributed by atoms with Crippen molar-refractivity contribution in [3.05, 3.63) is 74.0 Å². The number of nitrogens with zero attached hydrogens (tertiary/aromatic N) is 1. The molecular weight excluding hydrogens is 365 g/mol. The summed E-state index contributed by atoms with van der Waals surface area (Å²) in [6.45, 7) is 0. The molecule has 3 rings (SSSR count). The Kier molecular flexibility index (Phi) is 5.19. The van der Waals surface area contributed by atoms with Crippen LogP contribution in [0.3, 0.4) is 0 Å². The van der Waals surface area contributed by atoms with E-state index in [1.165, 1.54) is 7.11 Å². The Bertz CT molecular complexity index is 875. The molecule has 1 heterocycles. The molecule has 0 aliphatic carbocycles. The predicted octanol–water partition coefficient (Wildman–Crippen LogP) is 5.49. The third-order valence-corrected chi connectivity index (χ3v) is 4.89. The number of carbonyl (C=O) groups is 1. The fraction of sp³-hybridized carbons (Fsp3) is 0.111. The summed E-state index contributed by atoms with van der Waals surface area (Å²) in [6, 6.07) is 12.7. The Morgan fingerprint density at radius 2 is 1.92 bits per heavy atom. The number of halogens is 2. The van der Waals surface area contributed by atoms with Crippen molar-refractivity contribution >= 4 is 40.5 Å². The van der Waals surface area contributed by atoms with Gasteiger partial charge in [0.15, 0.2) is 0 Å². The fourth-order valence-electron chi connectivity index (χ4n) is 2.26. The summed E-state index contributed by atoms with van der Waals surface area (Å²) in [4.78, 5) is 16.1. The maximum absolute atomic E-state index is 11.4. The third-order valence-electron chi connectivity index (χ3n) is 3.49.